The van der Waals surface area contributed by atoms with Crippen molar-refractivity contribution in [2.45, 2.75) is 6.61 Å². The summed E-state index contributed by atoms with van der Waals surface area (Å²) in [6.07, 6.45) is 0. The van der Waals surface area contributed by atoms with E-state index in [0.29, 0.717) is 11.1 Å². The van der Waals surface area contributed by atoms with Crippen LogP contribution in [-0.4, -0.2) is 17.1 Å². The molecule has 0 unspecified atom stereocenters. The fourth-order valence-corrected chi connectivity index (χ4v) is 1.57. The summed E-state index contributed by atoms with van der Waals surface area (Å²) in [5.41, 5.74) is 3.98. The number of oxazole rings is 1. The summed E-state index contributed by atoms with van der Waals surface area (Å²) in [6.45, 7) is 0.120. The van der Waals surface area contributed by atoms with Gasteiger partial charge in [-0.15, -0.1) is 0 Å². The number of carbonyl (C=O) groups excluding carboxylic acids is 1. The number of hydrogen-bond acceptors (Lipinski definition) is 5. The van der Waals surface area contributed by atoms with E-state index < -0.39 is 11.7 Å². The lowest BCUT2D eigenvalue weighted by molar-refractivity contribution is -0.126. The van der Waals surface area contributed by atoms with Gasteiger partial charge in [0.1, 0.15) is 6.61 Å². The second-order valence-electron chi connectivity index (χ2n) is 3.79. The molecule has 2 rings (SSSR count). The van der Waals surface area contributed by atoms with Crippen LogP contribution < -0.4 is 17.0 Å². The van der Waals surface area contributed by atoms with Gasteiger partial charge in [-0.1, -0.05) is 6.07 Å². The average Bonchev–Trinajstić information content (AvgIpc) is 2.64. The van der Waals surface area contributed by atoms with E-state index in [1.807, 2.05) is 5.43 Å². The molecule has 0 saturated heterocycles. The molecule has 0 aliphatic heterocycles. The number of nitrogens with two attached hydrogens (primary N) is 1. The van der Waals surface area contributed by atoms with Gasteiger partial charge in [-0.25, -0.2) is 10.6 Å². The standard InChI is InChI=1S/C11H13N3O4/c1-14-8-3-2-7(4-9(8)18-11(14)16)5-17-6-10(15)13-12/h2-4H,5-6,12H2,1H3,(H,13,15). The number of hydrogen-bond donors (Lipinski definition) is 2. The number of aryl methyl sites for hydroxylation is 1. The number of carbonyl (C=O) groups is 1. The molecule has 0 aliphatic carbocycles. The summed E-state index contributed by atoms with van der Waals surface area (Å²) in [5, 5.41) is 0. The second kappa shape index (κ2) is 5.03. The van der Waals surface area contributed by atoms with Crippen molar-refractivity contribution in [1.29, 1.82) is 0 Å². The highest BCUT2D eigenvalue weighted by Crippen LogP contribution is 2.14. The van der Waals surface area contributed by atoms with Gasteiger partial charge in [-0.05, 0) is 17.7 Å². The predicted molar refractivity (Wildman–Crippen MR) is 63.4 cm³/mol. The first kappa shape index (κ1) is 12.3. The summed E-state index contributed by atoms with van der Waals surface area (Å²) >= 11 is 0. The van der Waals surface area contributed by atoms with E-state index in [-0.39, 0.29) is 13.2 Å². The van der Waals surface area contributed by atoms with Gasteiger partial charge in [0.2, 0.25) is 0 Å². The average molecular weight is 251 g/mol. The molecule has 2 aromatic rings. The Morgan fingerprint density at radius 3 is 3.06 bits per heavy atom. The molecule has 1 aromatic carbocycles. The molecule has 7 heteroatoms. The number of ether oxygens (including phenoxy) is 1. The van der Waals surface area contributed by atoms with Gasteiger partial charge in [-0.2, -0.15) is 0 Å². The van der Waals surface area contributed by atoms with Gasteiger partial charge < -0.3 is 9.15 Å². The van der Waals surface area contributed by atoms with Crippen molar-refractivity contribution in [2.24, 2.45) is 12.9 Å². The summed E-state index contributed by atoms with van der Waals surface area (Å²) in [6, 6.07) is 5.27. The number of fused-ring (bicyclic) bond motifs is 1. The summed E-state index contributed by atoms with van der Waals surface area (Å²) in [4.78, 5) is 22.1. The zero-order valence-electron chi connectivity index (χ0n) is 9.80. The van der Waals surface area contributed by atoms with Gasteiger partial charge in [0.05, 0.1) is 12.1 Å². The Labute approximate surface area is 102 Å². The Hall–Kier alpha value is -2.12. The quantitative estimate of drug-likeness (QED) is 0.439. The van der Waals surface area contributed by atoms with Crippen molar-refractivity contribution < 1.29 is 13.9 Å². The molecule has 1 amide bonds. The van der Waals surface area contributed by atoms with Gasteiger partial charge in [0.25, 0.3) is 5.91 Å². The van der Waals surface area contributed by atoms with E-state index in [4.69, 9.17) is 15.0 Å². The van der Waals surface area contributed by atoms with Crippen molar-refractivity contribution in [2.75, 3.05) is 6.61 Å². The lowest BCUT2D eigenvalue weighted by atomic mass is 10.2. The van der Waals surface area contributed by atoms with Gasteiger partial charge in [0.15, 0.2) is 5.58 Å². The monoisotopic (exact) mass is 251 g/mol. The number of benzene rings is 1. The maximum absolute atomic E-state index is 11.3. The molecule has 0 radical (unpaired) electrons. The molecule has 1 aromatic heterocycles. The highest BCUT2D eigenvalue weighted by atomic mass is 16.5. The Balaban J connectivity index is 2.11. The van der Waals surface area contributed by atoms with E-state index in [1.54, 1.807) is 25.2 Å². The minimum Gasteiger partial charge on any atom is -0.408 e. The maximum Gasteiger partial charge on any atom is 0.419 e. The van der Waals surface area contributed by atoms with Crippen LogP contribution in [0.4, 0.5) is 0 Å². The number of rotatable bonds is 4. The van der Waals surface area contributed by atoms with Crippen LogP contribution in [0.1, 0.15) is 5.56 Å². The van der Waals surface area contributed by atoms with Crippen LogP contribution in [0.2, 0.25) is 0 Å². The first-order valence-electron chi connectivity index (χ1n) is 5.27. The molecule has 0 fully saturated rings. The van der Waals surface area contributed by atoms with Crippen molar-refractivity contribution in [1.82, 2.24) is 9.99 Å². The van der Waals surface area contributed by atoms with E-state index in [1.165, 1.54) is 4.57 Å². The summed E-state index contributed by atoms with van der Waals surface area (Å²) in [5.74, 6) is 4.10. The molecule has 18 heavy (non-hydrogen) atoms. The third-order valence-corrected chi connectivity index (χ3v) is 2.52. The lowest BCUT2D eigenvalue weighted by Gasteiger charge is -2.03. The largest absolute Gasteiger partial charge is 0.419 e. The SMILES string of the molecule is Cn1c(=O)oc2cc(COCC(=O)NN)ccc21. The van der Waals surface area contributed by atoms with Crippen LogP contribution in [0, 0.1) is 0 Å². The zero-order valence-corrected chi connectivity index (χ0v) is 9.80. The summed E-state index contributed by atoms with van der Waals surface area (Å²) < 4.78 is 11.6. The highest BCUT2D eigenvalue weighted by Gasteiger charge is 2.06. The molecular formula is C11H13N3O4. The van der Waals surface area contributed by atoms with Crippen LogP contribution in [0.3, 0.4) is 0 Å². The molecule has 0 bridgehead atoms. The smallest absolute Gasteiger partial charge is 0.408 e. The van der Waals surface area contributed by atoms with Crippen LogP contribution in [-0.2, 0) is 23.2 Å². The molecule has 7 nitrogen and oxygen atoms in total. The third kappa shape index (κ3) is 2.41. The number of amides is 1. The molecule has 0 spiro atoms. The summed E-state index contributed by atoms with van der Waals surface area (Å²) in [7, 11) is 1.63. The minimum absolute atomic E-state index is 0.118. The first-order valence-corrected chi connectivity index (χ1v) is 5.27. The van der Waals surface area contributed by atoms with E-state index >= 15 is 0 Å². The molecule has 0 aliphatic rings. The van der Waals surface area contributed by atoms with Crippen LogP contribution in [0.25, 0.3) is 11.1 Å². The molecule has 96 valence electrons. The second-order valence-corrected chi connectivity index (χ2v) is 3.79. The number of aromatic nitrogens is 1. The molecule has 0 atom stereocenters. The lowest BCUT2D eigenvalue weighted by Crippen LogP contribution is -2.33. The van der Waals surface area contributed by atoms with E-state index in [9.17, 15) is 9.59 Å². The Bertz CT molecular complexity index is 629. The zero-order chi connectivity index (χ0) is 13.1. The highest BCUT2D eigenvalue weighted by molar-refractivity contribution is 5.76. The van der Waals surface area contributed by atoms with E-state index in [2.05, 4.69) is 0 Å². The van der Waals surface area contributed by atoms with Crippen LogP contribution >= 0.6 is 0 Å². The maximum atomic E-state index is 11.3. The van der Waals surface area contributed by atoms with Gasteiger partial charge >= 0.3 is 5.76 Å². The van der Waals surface area contributed by atoms with Gasteiger partial charge in [0, 0.05) is 7.05 Å². The normalized spacial score (nSPS) is 10.8. The molecule has 0 saturated carbocycles. The first-order chi connectivity index (χ1) is 8.61. The van der Waals surface area contributed by atoms with Crippen molar-refractivity contribution in [3.05, 3.63) is 34.3 Å². The van der Waals surface area contributed by atoms with Crippen molar-refractivity contribution >= 4 is 17.0 Å². The molecule has 3 N–H and O–H groups in total. The fraction of sp³-hybridized carbons (Fsp3) is 0.273. The fourth-order valence-electron chi connectivity index (χ4n) is 1.57. The topological polar surface area (TPSA) is 99.5 Å². The van der Waals surface area contributed by atoms with Crippen LogP contribution in [0.5, 0.6) is 0 Å². The van der Waals surface area contributed by atoms with E-state index in [0.717, 1.165) is 5.56 Å². The van der Waals surface area contributed by atoms with Crippen molar-refractivity contribution in [3.63, 3.8) is 0 Å². The molecule has 1 heterocycles. The van der Waals surface area contributed by atoms with Gasteiger partial charge in [-0.3, -0.25) is 14.8 Å². The number of nitrogens with one attached hydrogen (secondary N) is 1. The van der Waals surface area contributed by atoms with Crippen molar-refractivity contribution in [3.8, 4) is 0 Å². The Morgan fingerprint density at radius 2 is 2.33 bits per heavy atom. The molecular weight excluding hydrogens is 238 g/mol. The predicted octanol–water partition coefficient (Wildman–Crippen LogP) is -0.362. The minimum atomic E-state index is -0.412. The Morgan fingerprint density at radius 1 is 1.56 bits per heavy atom. The Kier molecular flexibility index (Phi) is 3.45. The number of hydrazine groups is 1. The van der Waals surface area contributed by atoms with Crippen LogP contribution in [0.15, 0.2) is 27.4 Å². The number of nitrogens with zero attached hydrogens (tertiary/aromatic N) is 1. The third-order valence-electron chi connectivity index (χ3n) is 2.52.